The first-order valence-electron chi connectivity index (χ1n) is 10.1. The van der Waals surface area contributed by atoms with Gasteiger partial charge in [-0.2, -0.15) is 0 Å². The molecule has 0 bridgehead atoms. The lowest BCUT2D eigenvalue weighted by atomic mass is 10.1. The number of benzene rings is 1. The number of aromatic amines is 1. The van der Waals surface area contributed by atoms with E-state index in [1.165, 1.54) is 0 Å². The summed E-state index contributed by atoms with van der Waals surface area (Å²) in [4.78, 5) is 39.8. The van der Waals surface area contributed by atoms with Crippen LogP contribution in [0.2, 0.25) is 0 Å². The smallest absolute Gasteiger partial charge is 0.290 e. The SMILES string of the molecule is O=c1[nH]ccnc1N1CCCC1c1nc2ccccc2c(=O)n1C1CCCC1. The van der Waals surface area contributed by atoms with Gasteiger partial charge in [-0.15, -0.1) is 0 Å². The molecule has 1 saturated heterocycles. The summed E-state index contributed by atoms with van der Waals surface area (Å²) >= 11 is 0. The summed E-state index contributed by atoms with van der Waals surface area (Å²) in [5.74, 6) is 1.18. The maximum Gasteiger partial charge on any atom is 0.290 e. The van der Waals surface area contributed by atoms with Gasteiger partial charge in [0.05, 0.1) is 16.9 Å². The van der Waals surface area contributed by atoms with Gasteiger partial charge in [0.1, 0.15) is 5.82 Å². The van der Waals surface area contributed by atoms with E-state index in [1.54, 1.807) is 12.4 Å². The second kappa shape index (κ2) is 6.89. The van der Waals surface area contributed by atoms with Crippen LogP contribution in [0.4, 0.5) is 5.82 Å². The van der Waals surface area contributed by atoms with Gasteiger partial charge >= 0.3 is 0 Å². The number of anilines is 1. The minimum absolute atomic E-state index is 0.0364. The molecule has 1 aliphatic carbocycles. The van der Waals surface area contributed by atoms with Crippen LogP contribution in [0.3, 0.4) is 0 Å². The first-order chi connectivity index (χ1) is 13.7. The van der Waals surface area contributed by atoms with Gasteiger partial charge in [-0.1, -0.05) is 25.0 Å². The largest absolute Gasteiger partial charge is 0.342 e. The first kappa shape index (κ1) is 17.2. The summed E-state index contributed by atoms with van der Waals surface area (Å²) in [5, 5.41) is 0.665. The molecule has 7 nitrogen and oxygen atoms in total. The van der Waals surface area contributed by atoms with Gasteiger partial charge in [-0.05, 0) is 37.8 Å². The molecule has 3 heterocycles. The number of para-hydroxylation sites is 1. The molecular weight excluding hydrogens is 354 g/mol. The summed E-state index contributed by atoms with van der Waals surface area (Å²) in [6.07, 6.45) is 9.22. The Morgan fingerprint density at radius 3 is 2.68 bits per heavy atom. The molecule has 0 amide bonds. The van der Waals surface area contributed by atoms with Crippen LogP contribution in [0.5, 0.6) is 0 Å². The second-order valence-electron chi connectivity index (χ2n) is 7.69. The molecule has 28 heavy (non-hydrogen) atoms. The minimum Gasteiger partial charge on any atom is -0.342 e. The molecule has 144 valence electrons. The van der Waals surface area contributed by atoms with Gasteiger partial charge in [0.2, 0.25) is 0 Å². The highest BCUT2D eigenvalue weighted by molar-refractivity contribution is 5.77. The zero-order chi connectivity index (χ0) is 19.1. The van der Waals surface area contributed by atoms with Crippen molar-refractivity contribution in [3.8, 4) is 0 Å². The molecule has 3 aromatic rings. The fraction of sp³-hybridized carbons (Fsp3) is 0.429. The molecule has 7 heteroatoms. The average Bonchev–Trinajstić information content (AvgIpc) is 3.40. The second-order valence-corrected chi connectivity index (χ2v) is 7.69. The molecule has 1 unspecified atom stereocenters. The lowest BCUT2D eigenvalue weighted by Crippen LogP contribution is -2.36. The van der Waals surface area contributed by atoms with E-state index in [1.807, 2.05) is 33.7 Å². The Morgan fingerprint density at radius 2 is 1.86 bits per heavy atom. The maximum absolute atomic E-state index is 13.4. The van der Waals surface area contributed by atoms with Gasteiger partial charge in [-0.3, -0.25) is 14.2 Å². The van der Waals surface area contributed by atoms with Crippen LogP contribution in [-0.4, -0.2) is 26.1 Å². The van der Waals surface area contributed by atoms with E-state index in [0.717, 1.165) is 56.4 Å². The van der Waals surface area contributed by atoms with Crippen molar-refractivity contribution in [3.63, 3.8) is 0 Å². The van der Waals surface area contributed by atoms with Crippen molar-refractivity contribution in [1.82, 2.24) is 19.5 Å². The van der Waals surface area contributed by atoms with Crippen LogP contribution >= 0.6 is 0 Å². The van der Waals surface area contributed by atoms with E-state index in [4.69, 9.17) is 4.98 Å². The molecule has 1 N–H and O–H groups in total. The van der Waals surface area contributed by atoms with Crippen molar-refractivity contribution in [2.75, 3.05) is 11.4 Å². The highest BCUT2D eigenvalue weighted by Gasteiger charge is 2.34. The number of hydrogen-bond donors (Lipinski definition) is 1. The highest BCUT2D eigenvalue weighted by atomic mass is 16.1. The molecule has 2 fully saturated rings. The molecular formula is C21H23N5O2. The van der Waals surface area contributed by atoms with Crippen molar-refractivity contribution in [1.29, 1.82) is 0 Å². The molecule has 0 radical (unpaired) electrons. The van der Waals surface area contributed by atoms with Crippen LogP contribution < -0.4 is 16.0 Å². The third kappa shape index (κ3) is 2.73. The standard InChI is InChI=1S/C21H23N5O2/c27-20-19(22-11-12-23-20)25-13-5-10-17(25)18-24-16-9-4-3-8-15(16)21(28)26(18)14-6-1-2-7-14/h3-4,8-9,11-12,14,17H,1-2,5-7,10,13H2,(H,23,27). The van der Waals surface area contributed by atoms with Crippen LogP contribution in [0.1, 0.15) is 56.4 Å². The highest BCUT2D eigenvalue weighted by Crippen LogP contribution is 2.37. The number of hydrogen-bond acceptors (Lipinski definition) is 5. The Labute approximate surface area is 162 Å². The maximum atomic E-state index is 13.4. The Bertz CT molecular complexity index is 1130. The van der Waals surface area contributed by atoms with Crippen LogP contribution in [0.25, 0.3) is 10.9 Å². The van der Waals surface area contributed by atoms with E-state index in [-0.39, 0.29) is 23.2 Å². The molecule has 2 aromatic heterocycles. The minimum atomic E-state index is -0.204. The monoisotopic (exact) mass is 377 g/mol. The molecule has 1 aromatic carbocycles. The van der Waals surface area contributed by atoms with Crippen molar-refractivity contribution in [2.45, 2.75) is 50.6 Å². The predicted molar refractivity (Wildman–Crippen MR) is 108 cm³/mol. The topological polar surface area (TPSA) is 83.9 Å². The normalized spacial score (nSPS) is 20.3. The number of rotatable bonds is 3. The van der Waals surface area contributed by atoms with E-state index in [0.29, 0.717) is 11.2 Å². The number of fused-ring (bicyclic) bond motifs is 1. The van der Waals surface area contributed by atoms with E-state index < -0.39 is 0 Å². The van der Waals surface area contributed by atoms with Crippen molar-refractivity contribution in [3.05, 3.63) is 63.2 Å². The van der Waals surface area contributed by atoms with Crippen LogP contribution in [0.15, 0.2) is 46.2 Å². The van der Waals surface area contributed by atoms with Gasteiger partial charge < -0.3 is 9.88 Å². The zero-order valence-electron chi connectivity index (χ0n) is 15.7. The van der Waals surface area contributed by atoms with E-state index >= 15 is 0 Å². The van der Waals surface area contributed by atoms with Crippen molar-refractivity contribution < 1.29 is 0 Å². The number of nitrogens with zero attached hydrogens (tertiary/aromatic N) is 4. The molecule has 1 aliphatic heterocycles. The molecule has 0 spiro atoms. The summed E-state index contributed by atoms with van der Waals surface area (Å²) in [6.45, 7) is 0.734. The lowest BCUT2D eigenvalue weighted by Gasteiger charge is -2.28. The Morgan fingerprint density at radius 1 is 1.04 bits per heavy atom. The van der Waals surface area contributed by atoms with Crippen molar-refractivity contribution in [2.24, 2.45) is 0 Å². The van der Waals surface area contributed by atoms with Crippen LogP contribution in [-0.2, 0) is 0 Å². The Balaban J connectivity index is 1.71. The van der Waals surface area contributed by atoms with Gasteiger partial charge in [-0.25, -0.2) is 9.97 Å². The van der Waals surface area contributed by atoms with Crippen LogP contribution in [0, 0.1) is 0 Å². The Hall–Kier alpha value is -2.96. The van der Waals surface area contributed by atoms with Crippen molar-refractivity contribution >= 4 is 16.7 Å². The fourth-order valence-corrected chi connectivity index (χ4v) is 4.75. The number of aromatic nitrogens is 4. The van der Waals surface area contributed by atoms with Gasteiger partial charge in [0.15, 0.2) is 5.82 Å². The number of H-pyrrole nitrogens is 1. The summed E-state index contributed by atoms with van der Waals surface area (Å²) < 4.78 is 1.93. The third-order valence-electron chi connectivity index (χ3n) is 6.04. The molecule has 1 atom stereocenters. The Kier molecular flexibility index (Phi) is 4.22. The predicted octanol–water partition coefficient (Wildman–Crippen LogP) is 2.94. The van der Waals surface area contributed by atoms with Gasteiger partial charge in [0, 0.05) is 25.0 Å². The quantitative estimate of drug-likeness (QED) is 0.759. The molecule has 2 aliphatic rings. The average molecular weight is 377 g/mol. The summed E-state index contributed by atoms with van der Waals surface area (Å²) in [5.41, 5.74) is 0.553. The fourth-order valence-electron chi connectivity index (χ4n) is 4.75. The number of nitrogens with one attached hydrogen (secondary N) is 1. The zero-order valence-corrected chi connectivity index (χ0v) is 15.7. The molecule has 5 rings (SSSR count). The van der Waals surface area contributed by atoms with E-state index in [2.05, 4.69) is 9.97 Å². The van der Waals surface area contributed by atoms with Gasteiger partial charge in [0.25, 0.3) is 11.1 Å². The summed E-state index contributed by atoms with van der Waals surface area (Å²) in [6, 6.07) is 7.62. The first-order valence-corrected chi connectivity index (χ1v) is 10.1. The lowest BCUT2D eigenvalue weighted by molar-refractivity contribution is 0.454. The summed E-state index contributed by atoms with van der Waals surface area (Å²) in [7, 11) is 0. The van der Waals surface area contributed by atoms with E-state index in [9.17, 15) is 9.59 Å². The third-order valence-corrected chi connectivity index (χ3v) is 6.04. The molecule has 1 saturated carbocycles.